The highest BCUT2D eigenvalue weighted by Gasteiger charge is 2.36. The summed E-state index contributed by atoms with van der Waals surface area (Å²) in [5.41, 5.74) is 23.6. The third-order valence-corrected chi connectivity index (χ3v) is 22.4. The van der Waals surface area contributed by atoms with Crippen molar-refractivity contribution in [3.8, 4) is 78.5 Å². The molecule has 8 heteroatoms. The predicted octanol–water partition coefficient (Wildman–Crippen LogP) is 26.4. The van der Waals surface area contributed by atoms with Crippen LogP contribution >= 0.6 is 0 Å². The van der Waals surface area contributed by atoms with Gasteiger partial charge in [0.1, 0.15) is 34.2 Å². The molecule has 1 atom stereocenters. The van der Waals surface area contributed by atoms with Crippen LogP contribution < -0.4 is 4.90 Å². The lowest BCUT2D eigenvalue weighted by molar-refractivity contribution is 0.668. The molecule has 0 fully saturated rings. The van der Waals surface area contributed by atoms with Crippen molar-refractivity contribution < 1.29 is 13.3 Å². The summed E-state index contributed by atoms with van der Waals surface area (Å²) < 4.78 is 21.8. The topological polar surface area (TPSA) is 94.2 Å². The Balaban J connectivity index is 0.776. The number of para-hydroxylation sites is 2. The number of pyridine rings is 1. The molecule has 0 saturated heterocycles. The largest absolute Gasteiger partial charge is 0.456 e. The van der Waals surface area contributed by atoms with E-state index in [1.807, 2.05) is 30.5 Å². The van der Waals surface area contributed by atoms with Crippen LogP contribution in [0.15, 0.2) is 353 Å². The predicted molar refractivity (Wildman–Crippen MR) is 440 cm³/mol. The average Bonchev–Trinajstić information content (AvgIpc) is 1.56. The Morgan fingerprint density at radius 3 is 1.79 bits per heavy atom. The molecule has 2 aliphatic rings. The fourth-order valence-electron chi connectivity index (χ4n) is 17.5. The highest BCUT2D eigenvalue weighted by molar-refractivity contribution is 6.38. The second-order valence-electron chi connectivity index (χ2n) is 28.3. The van der Waals surface area contributed by atoms with Crippen LogP contribution in [0, 0.1) is 0 Å². The first-order chi connectivity index (χ1) is 53.0. The second kappa shape index (κ2) is 23.1. The maximum Gasteiger partial charge on any atom is 0.163 e. The molecule has 5 aromatic heterocycles. The molecule has 23 rings (SSSR count). The number of hydrogen-bond acceptors (Lipinski definition) is 8. The summed E-state index contributed by atoms with van der Waals surface area (Å²) in [7, 11) is 0. The van der Waals surface area contributed by atoms with Crippen LogP contribution in [0.1, 0.15) is 11.1 Å². The second-order valence-corrected chi connectivity index (χ2v) is 28.3. The number of rotatable bonds is 9. The molecule has 496 valence electrons. The van der Waals surface area contributed by atoms with Crippen LogP contribution in [0.4, 0.5) is 11.4 Å². The van der Waals surface area contributed by atoms with Gasteiger partial charge in [0.15, 0.2) is 17.2 Å². The van der Waals surface area contributed by atoms with Gasteiger partial charge in [-0.25, -0.2) is 15.0 Å². The van der Waals surface area contributed by atoms with Gasteiger partial charge in [-0.1, -0.05) is 231 Å². The Hall–Kier alpha value is -14.3. The summed E-state index contributed by atoms with van der Waals surface area (Å²) in [6, 6.07) is 109. The van der Waals surface area contributed by atoms with E-state index >= 15 is 0 Å². The van der Waals surface area contributed by atoms with Gasteiger partial charge in [-0.05, 0) is 212 Å². The molecule has 1 aliphatic heterocycles. The Labute approximate surface area is 612 Å². The SMILES string of the molecule is C1=CC2C(=Cc3ccccc3N2c2ccc3c4cc(-c5ncnc(-c6cccc7ccccc67)n5)cc5oc6cc(-c7ccc(-c8ccccc8-c8ccc9oc%10ccccc%10c9c8)cc7)cc(c7ccc(-c8cccc(-c9ccccn9)c8)c8oc2c3c87)c6c54)C(c2cccc3cc4ccccc4cc23)=C1. The summed E-state index contributed by atoms with van der Waals surface area (Å²) in [6.45, 7) is 0. The Kier molecular flexibility index (Phi) is 12.8. The van der Waals surface area contributed by atoms with Crippen molar-refractivity contribution in [1.29, 1.82) is 0 Å². The molecule has 6 heterocycles. The van der Waals surface area contributed by atoms with Gasteiger partial charge in [0.05, 0.1) is 17.4 Å². The molecule has 0 amide bonds. The number of benzene rings is 15. The van der Waals surface area contributed by atoms with E-state index in [1.165, 1.54) is 38.3 Å². The lowest BCUT2D eigenvalue weighted by atomic mass is 9.81. The van der Waals surface area contributed by atoms with E-state index in [1.54, 1.807) is 6.33 Å². The van der Waals surface area contributed by atoms with Gasteiger partial charge < -0.3 is 18.2 Å². The van der Waals surface area contributed by atoms with E-state index in [0.717, 1.165) is 176 Å². The van der Waals surface area contributed by atoms with Crippen LogP contribution in [0.3, 0.4) is 0 Å². The summed E-state index contributed by atoms with van der Waals surface area (Å²) in [4.78, 5) is 22.6. The van der Waals surface area contributed by atoms with Crippen molar-refractivity contribution in [3.05, 3.63) is 351 Å². The van der Waals surface area contributed by atoms with E-state index in [2.05, 4.69) is 308 Å². The smallest absolute Gasteiger partial charge is 0.163 e. The summed E-state index contributed by atoms with van der Waals surface area (Å²) in [5.74, 6) is 1.11. The first kappa shape index (κ1) is 59.2. The normalized spacial score (nSPS) is 13.8. The first-order valence-electron chi connectivity index (χ1n) is 36.3. The Morgan fingerprint density at radius 1 is 0.308 bits per heavy atom. The number of nitrogens with zero attached hydrogens (tertiary/aromatic N) is 5. The Bertz CT molecular complexity index is 7460. The van der Waals surface area contributed by atoms with Crippen molar-refractivity contribution in [3.63, 3.8) is 0 Å². The molecular formula is C99H57N5O3. The monoisotopic (exact) mass is 1360 g/mol. The number of aromatic nitrogens is 4. The van der Waals surface area contributed by atoms with Gasteiger partial charge in [-0.2, -0.15) is 0 Å². The summed E-state index contributed by atoms with van der Waals surface area (Å²) in [6.07, 6.45) is 12.8. The molecule has 0 bridgehead atoms. The Morgan fingerprint density at radius 2 is 0.935 bits per heavy atom. The van der Waals surface area contributed by atoms with Crippen LogP contribution in [0.25, 0.3) is 210 Å². The van der Waals surface area contributed by atoms with E-state index in [9.17, 15) is 0 Å². The zero-order valence-corrected chi connectivity index (χ0v) is 57.4. The molecule has 8 nitrogen and oxygen atoms in total. The van der Waals surface area contributed by atoms with Crippen LogP contribution in [-0.4, -0.2) is 26.0 Å². The van der Waals surface area contributed by atoms with Gasteiger partial charge in [-0.3, -0.25) is 4.98 Å². The number of furan rings is 3. The molecule has 107 heavy (non-hydrogen) atoms. The van der Waals surface area contributed by atoms with E-state index in [-0.39, 0.29) is 6.04 Å². The minimum absolute atomic E-state index is 0.233. The fourth-order valence-corrected chi connectivity index (χ4v) is 17.5. The maximum atomic E-state index is 8.04. The molecule has 0 N–H and O–H groups in total. The number of anilines is 2. The summed E-state index contributed by atoms with van der Waals surface area (Å²) in [5, 5.41) is 17.2. The van der Waals surface area contributed by atoms with Crippen molar-refractivity contribution >= 4 is 143 Å². The highest BCUT2D eigenvalue weighted by atomic mass is 16.3. The van der Waals surface area contributed by atoms with Crippen LogP contribution in [0.5, 0.6) is 0 Å². The maximum absolute atomic E-state index is 8.04. The van der Waals surface area contributed by atoms with Gasteiger partial charge >= 0.3 is 0 Å². The number of fused-ring (bicyclic) bond motifs is 10. The zero-order chi connectivity index (χ0) is 70.0. The molecule has 16 aromatic carbocycles. The molecular weight excluding hydrogens is 1310 g/mol. The molecule has 0 spiro atoms. The van der Waals surface area contributed by atoms with Crippen molar-refractivity contribution in [2.75, 3.05) is 4.90 Å². The van der Waals surface area contributed by atoms with Gasteiger partial charge in [0.2, 0.25) is 0 Å². The first-order valence-corrected chi connectivity index (χ1v) is 36.3. The van der Waals surface area contributed by atoms with Crippen molar-refractivity contribution in [2.24, 2.45) is 0 Å². The van der Waals surface area contributed by atoms with Crippen LogP contribution in [0.2, 0.25) is 0 Å². The van der Waals surface area contributed by atoms with Crippen LogP contribution in [-0.2, 0) is 0 Å². The number of allylic oxidation sites excluding steroid dienone is 2. The molecule has 0 saturated carbocycles. The highest BCUT2D eigenvalue weighted by Crippen LogP contribution is 2.55. The lowest BCUT2D eigenvalue weighted by Crippen LogP contribution is -2.35. The van der Waals surface area contributed by atoms with E-state index in [0.29, 0.717) is 17.2 Å². The molecule has 1 aliphatic carbocycles. The van der Waals surface area contributed by atoms with Gasteiger partial charge in [-0.15, -0.1) is 0 Å². The van der Waals surface area contributed by atoms with Crippen molar-refractivity contribution in [1.82, 2.24) is 19.9 Å². The minimum Gasteiger partial charge on any atom is -0.456 e. The summed E-state index contributed by atoms with van der Waals surface area (Å²) >= 11 is 0. The van der Waals surface area contributed by atoms with Gasteiger partial charge in [0, 0.05) is 66.5 Å². The zero-order valence-electron chi connectivity index (χ0n) is 57.4. The molecule has 0 radical (unpaired) electrons. The number of hydrogen-bond donors (Lipinski definition) is 0. The fraction of sp³-hybridized carbons (Fsp3) is 0.0101. The third-order valence-electron chi connectivity index (χ3n) is 22.4. The lowest BCUT2D eigenvalue weighted by Gasteiger charge is -2.40. The van der Waals surface area contributed by atoms with E-state index < -0.39 is 0 Å². The molecule has 1 unspecified atom stereocenters. The minimum atomic E-state index is -0.233. The van der Waals surface area contributed by atoms with Gasteiger partial charge in [0.25, 0.3) is 0 Å². The molecule has 21 aromatic rings. The quantitative estimate of drug-likeness (QED) is 0.132. The van der Waals surface area contributed by atoms with E-state index in [4.69, 9.17) is 33.2 Å². The third kappa shape index (κ3) is 9.16. The standard InChI is InChI=1S/C99H57N5O3/c1-2-19-61-49-79-63(47-60(61)18-1)23-15-29-73(79)74-30-16-34-86-80(74)51-66-20-4-9-33-85(66)104(86)87-44-43-77-83-53-68(98-101-56-102-99(103-98)78-31-14-21-58-17-3-5-26-70(58)78)55-91-93(83)92-82(76-42-41-72(96-94(76)95(77)97(87)107-96)62-22-13-24-65(48-62)84-32-11-12-46-100-84)52-67(54-90(92)106-91)57-36-38-59(39-37-57)69-25-6-7-27-71(69)64-40-45-89-81(50-64)75-28-8-10-35-88(75)105-89/h1-56,86H. The average molecular weight is 1360 g/mol. The van der Waals surface area contributed by atoms with Crippen molar-refractivity contribution in [2.45, 2.75) is 6.04 Å².